The molecule has 1 aromatic rings. The molecule has 0 bridgehead atoms. The van der Waals surface area contributed by atoms with E-state index in [-0.39, 0.29) is 6.09 Å². The second-order valence-electron chi connectivity index (χ2n) is 5.45. The van der Waals surface area contributed by atoms with Crippen molar-refractivity contribution in [1.82, 2.24) is 10.2 Å². The molecule has 4 nitrogen and oxygen atoms in total. The monoisotopic (exact) mass is 276 g/mol. The molecular weight excluding hydrogens is 252 g/mol. The fourth-order valence-corrected chi connectivity index (χ4v) is 2.60. The summed E-state index contributed by atoms with van der Waals surface area (Å²) in [7, 11) is 0. The number of rotatable bonds is 4. The van der Waals surface area contributed by atoms with Gasteiger partial charge in [0.2, 0.25) is 0 Å². The van der Waals surface area contributed by atoms with E-state index >= 15 is 0 Å². The van der Waals surface area contributed by atoms with Crippen molar-refractivity contribution in [3.05, 3.63) is 30.3 Å². The third-order valence-electron chi connectivity index (χ3n) is 3.77. The minimum atomic E-state index is -0.239. The van der Waals surface area contributed by atoms with Crippen molar-refractivity contribution in [2.45, 2.75) is 32.7 Å². The molecule has 0 radical (unpaired) electrons. The summed E-state index contributed by atoms with van der Waals surface area (Å²) in [4.78, 5) is 13.9. The number of benzene rings is 1. The van der Waals surface area contributed by atoms with Gasteiger partial charge in [0.25, 0.3) is 0 Å². The van der Waals surface area contributed by atoms with E-state index < -0.39 is 0 Å². The second-order valence-corrected chi connectivity index (χ2v) is 5.45. The van der Waals surface area contributed by atoms with Crippen molar-refractivity contribution in [3.63, 3.8) is 0 Å². The standard InChI is InChI=1S/C16H24N2O2/c1-3-10-17-15-9-11-18(12-13(15)2)16(19)20-14-7-5-4-6-8-14/h4-8,13,15,17H,3,9-12H2,1-2H3. The Morgan fingerprint density at radius 2 is 2.15 bits per heavy atom. The predicted molar refractivity (Wildman–Crippen MR) is 79.9 cm³/mol. The van der Waals surface area contributed by atoms with Crippen molar-refractivity contribution in [2.24, 2.45) is 5.92 Å². The van der Waals surface area contributed by atoms with E-state index in [1.165, 1.54) is 0 Å². The molecule has 110 valence electrons. The summed E-state index contributed by atoms with van der Waals surface area (Å²) in [6.07, 6.45) is 1.89. The fraction of sp³-hybridized carbons (Fsp3) is 0.562. The van der Waals surface area contributed by atoms with Crippen LogP contribution in [-0.2, 0) is 0 Å². The molecule has 1 heterocycles. The summed E-state index contributed by atoms with van der Waals surface area (Å²) in [5.41, 5.74) is 0. The lowest BCUT2D eigenvalue weighted by Crippen LogP contribution is -2.50. The summed E-state index contributed by atoms with van der Waals surface area (Å²) < 4.78 is 5.39. The molecule has 1 aliphatic heterocycles. The van der Waals surface area contributed by atoms with Crippen LogP contribution in [0.15, 0.2) is 30.3 Å². The van der Waals surface area contributed by atoms with Crippen molar-refractivity contribution in [3.8, 4) is 5.75 Å². The topological polar surface area (TPSA) is 41.6 Å². The van der Waals surface area contributed by atoms with E-state index in [0.717, 1.165) is 32.5 Å². The van der Waals surface area contributed by atoms with Gasteiger partial charge < -0.3 is 15.0 Å². The Hall–Kier alpha value is -1.55. The van der Waals surface area contributed by atoms with Crippen LogP contribution in [0.4, 0.5) is 4.79 Å². The van der Waals surface area contributed by atoms with Crippen LogP contribution in [0.1, 0.15) is 26.7 Å². The number of amides is 1. The SMILES string of the molecule is CCCNC1CCN(C(=O)Oc2ccccc2)CC1C. The quantitative estimate of drug-likeness (QED) is 0.919. The zero-order valence-corrected chi connectivity index (χ0v) is 12.3. The molecular formula is C16H24N2O2. The van der Waals surface area contributed by atoms with E-state index in [9.17, 15) is 4.79 Å². The molecule has 0 spiro atoms. The third kappa shape index (κ3) is 3.97. The Morgan fingerprint density at radius 1 is 1.40 bits per heavy atom. The van der Waals surface area contributed by atoms with E-state index in [2.05, 4.69) is 19.2 Å². The number of ether oxygens (including phenoxy) is 1. The van der Waals surface area contributed by atoms with Gasteiger partial charge in [-0.05, 0) is 37.4 Å². The van der Waals surface area contributed by atoms with Gasteiger partial charge in [-0.15, -0.1) is 0 Å². The van der Waals surface area contributed by atoms with Crippen LogP contribution in [-0.4, -0.2) is 36.7 Å². The minimum absolute atomic E-state index is 0.239. The van der Waals surface area contributed by atoms with Gasteiger partial charge in [-0.3, -0.25) is 0 Å². The smallest absolute Gasteiger partial charge is 0.410 e. The lowest BCUT2D eigenvalue weighted by molar-refractivity contribution is 0.116. The summed E-state index contributed by atoms with van der Waals surface area (Å²) in [6, 6.07) is 9.76. The Balaban J connectivity index is 1.84. The zero-order chi connectivity index (χ0) is 14.4. The number of para-hydroxylation sites is 1. The summed E-state index contributed by atoms with van der Waals surface area (Å²) in [5.74, 6) is 1.06. The zero-order valence-electron chi connectivity index (χ0n) is 12.3. The number of piperidine rings is 1. The van der Waals surface area contributed by atoms with Crippen molar-refractivity contribution < 1.29 is 9.53 Å². The van der Waals surface area contributed by atoms with Gasteiger partial charge in [0, 0.05) is 19.1 Å². The molecule has 20 heavy (non-hydrogen) atoms. The van der Waals surface area contributed by atoms with Crippen LogP contribution in [0.25, 0.3) is 0 Å². The van der Waals surface area contributed by atoms with E-state index in [1.807, 2.05) is 23.1 Å². The molecule has 0 saturated carbocycles. The molecule has 1 saturated heterocycles. The average molecular weight is 276 g/mol. The number of hydrogen-bond acceptors (Lipinski definition) is 3. The lowest BCUT2D eigenvalue weighted by Gasteiger charge is -2.36. The molecule has 0 aliphatic carbocycles. The predicted octanol–water partition coefficient (Wildman–Crippen LogP) is 2.90. The van der Waals surface area contributed by atoms with Crippen LogP contribution < -0.4 is 10.1 Å². The molecule has 1 N–H and O–H groups in total. The first-order valence-corrected chi connectivity index (χ1v) is 7.46. The van der Waals surface area contributed by atoms with Crippen molar-refractivity contribution in [2.75, 3.05) is 19.6 Å². The van der Waals surface area contributed by atoms with Gasteiger partial charge >= 0.3 is 6.09 Å². The van der Waals surface area contributed by atoms with Crippen LogP contribution in [0, 0.1) is 5.92 Å². The molecule has 2 unspecified atom stereocenters. The first-order chi connectivity index (χ1) is 9.70. The largest absolute Gasteiger partial charge is 0.415 e. The fourth-order valence-electron chi connectivity index (χ4n) is 2.60. The van der Waals surface area contributed by atoms with Crippen molar-refractivity contribution in [1.29, 1.82) is 0 Å². The van der Waals surface area contributed by atoms with Crippen LogP contribution in [0.2, 0.25) is 0 Å². The maximum absolute atomic E-state index is 12.1. The number of nitrogens with zero attached hydrogens (tertiary/aromatic N) is 1. The molecule has 0 aromatic heterocycles. The lowest BCUT2D eigenvalue weighted by atomic mass is 9.94. The first-order valence-electron chi connectivity index (χ1n) is 7.46. The molecule has 1 aliphatic rings. The number of carbonyl (C=O) groups excluding carboxylic acids is 1. The van der Waals surface area contributed by atoms with Gasteiger partial charge in [0.05, 0.1) is 0 Å². The van der Waals surface area contributed by atoms with E-state index in [0.29, 0.717) is 17.7 Å². The molecule has 4 heteroatoms. The van der Waals surface area contributed by atoms with E-state index in [1.54, 1.807) is 12.1 Å². The third-order valence-corrected chi connectivity index (χ3v) is 3.77. The number of nitrogens with one attached hydrogen (secondary N) is 1. The van der Waals surface area contributed by atoms with Crippen LogP contribution >= 0.6 is 0 Å². The van der Waals surface area contributed by atoms with Gasteiger partial charge in [0.1, 0.15) is 5.75 Å². The highest BCUT2D eigenvalue weighted by atomic mass is 16.6. The van der Waals surface area contributed by atoms with Crippen molar-refractivity contribution >= 4 is 6.09 Å². The summed E-state index contributed by atoms with van der Waals surface area (Å²) in [6.45, 7) is 6.92. The Morgan fingerprint density at radius 3 is 2.80 bits per heavy atom. The number of likely N-dealkylation sites (tertiary alicyclic amines) is 1. The molecule has 2 atom stereocenters. The Kier molecular flexibility index (Phi) is 5.41. The second kappa shape index (κ2) is 7.29. The number of hydrogen-bond donors (Lipinski definition) is 1. The van der Waals surface area contributed by atoms with Gasteiger partial charge in [-0.1, -0.05) is 32.0 Å². The van der Waals surface area contributed by atoms with Crippen LogP contribution in [0.3, 0.4) is 0 Å². The Bertz CT molecular complexity index is 422. The summed E-state index contributed by atoms with van der Waals surface area (Å²) in [5, 5.41) is 3.55. The normalized spacial score (nSPS) is 22.6. The Labute approximate surface area is 121 Å². The molecule has 1 amide bonds. The minimum Gasteiger partial charge on any atom is -0.410 e. The highest BCUT2D eigenvalue weighted by molar-refractivity contribution is 5.70. The molecule has 1 fully saturated rings. The molecule has 2 rings (SSSR count). The highest BCUT2D eigenvalue weighted by Crippen LogP contribution is 2.19. The van der Waals surface area contributed by atoms with Crippen LogP contribution in [0.5, 0.6) is 5.75 Å². The average Bonchev–Trinajstić information content (AvgIpc) is 2.47. The first kappa shape index (κ1) is 14.9. The van der Waals surface area contributed by atoms with Gasteiger partial charge in [-0.25, -0.2) is 4.79 Å². The van der Waals surface area contributed by atoms with Gasteiger partial charge in [0.15, 0.2) is 0 Å². The number of carbonyl (C=O) groups is 1. The van der Waals surface area contributed by atoms with E-state index in [4.69, 9.17) is 4.74 Å². The summed E-state index contributed by atoms with van der Waals surface area (Å²) >= 11 is 0. The van der Waals surface area contributed by atoms with Gasteiger partial charge in [-0.2, -0.15) is 0 Å². The maximum Gasteiger partial charge on any atom is 0.415 e. The molecule has 1 aromatic carbocycles. The maximum atomic E-state index is 12.1. The highest BCUT2D eigenvalue weighted by Gasteiger charge is 2.29.